The molecule has 0 heterocycles. The van der Waals surface area contributed by atoms with Gasteiger partial charge in [-0.05, 0) is 17.5 Å². The molecular formula is C14H19NO5S. The Kier molecular flexibility index (Phi) is 5.90. The lowest BCUT2D eigenvalue weighted by Crippen LogP contribution is -2.33. The van der Waals surface area contributed by atoms with Gasteiger partial charge in [0.25, 0.3) is 0 Å². The van der Waals surface area contributed by atoms with Crippen molar-refractivity contribution in [3.63, 3.8) is 0 Å². The van der Waals surface area contributed by atoms with E-state index in [-0.39, 0.29) is 17.0 Å². The number of carbonyl (C=O) groups is 2. The highest BCUT2D eigenvalue weighted by atomic mass is 32.2. The summed E-state index contributed by atoms with van der Waals surface area (Å²) in [4.78, 5) is 22.6. The first kappa shape index (κ1) is 17.2. The molecule has 0 radical (unpaired) electrons. The molecule has 0 atom stereocenters. The van der Waals surface area contributed by atoms with E-state index < -0.39 is 33.2 Å². The van der Waals surface area contributed by atoms with E-state index >= 15 is 0 Å². The maximum absolute atomic E-state index is 12.0. The van der Waals surface area contributed by atoms with E-state index in [4.69, 9.17) is 5.11 Å². The number of amides is 1. The predicted octanol–water partition coefficient (Wildman–Crippen LogP) is 1.07. The van der Waals surface area contributed by atoms with E-state index in [1.165, 1.54) is 18.2 Å². The van der Waals surface area contributed by atoms with Gasteiger partial charge in [0.1, 0.15) is 5.75 Å². The lowest BCUT2D eigenvalue weighted by molar-refractivity contribution is -0.118. The first-order valence-electron chi connectivity index (χ1n) is 6.49. The van der Waals surface area contributed by atoms with E-state index in [1.54, 1.807) is 6.07 Å². The highest BCUT2D eigenvalue weighted by Gasteiger charge is 2.20. The minimum absolute atomic E-state index is 0.0661. The van der Waals surface area contributed by atoms with E-state index in [2.05, 4.69) is 5.32 Å². The number of benzene rings is 1. The zero-order valence-electron chi connectivity index (χ0n) is 12.0. The molecule has 0 spiro atoms. The van der Waals surface area contributed by atoms with Crippen molar-refractivity contribution >= 4 is 21.7 Å². The second-order valence-corrected chi connectivity index (χ2v) is 7.26. The van der Waals surface area contributed by atoms with Crippen molar-refractivity contribution in [1.29, 1.82) is 0 Å². The Balaban J connectivity index is 2.77. The van der Waals surface area contributed by atoms with Gasteiger partial charge in [-0.1, -0.05) is 32.0 Å². The monoisotopic (exact) mass is 313 g/mol. The summed E-state index contributed by atoms with van der Waals surface area (Å²) in [6, 6.07) is 5.87. The third-order valence-corrected chi connectivity index (χ3v) is 4.13. The summed E-state index contributed by atoms with van der Waals surface area (Å²) in [6.07, 6.45) is 0. The molecule has 7 heteroatoms. The van der Waals surface area contributed by atoms with E-state index in [0.717, 1.165) is 0 Å². The van der Waals surface area contributed by atoms with Crippen molar-refractivity contribution in [2.45, 2.75) is 19.6 Å². The Morgan fingerprint density at radius 3 is 2.43 bits per heavy atom. The van der Waals surface area contributed by atoms with Gasteiger partial charge in [0, 0.05) is 6.54 Å². The Hall–Kier alpha value is -1.89. The molecular weight excluding hydrogens is 294 g/mol. The van der Waals surface area contributed by atoms with Crippen molar-refractivity contribution in [2.75, 3.05) is 12.3 Å². The summed E-state index contributed by atoms with van der Waals surface area (Å²) < 4.78 is 24.0. The van der Waals surface area contributed by atoms with Crippen molar-refractivity contribution < 1.29 is 23.1 Å². The molecule has 1 aromatic carbocycles. The van der Waals surface area contributed by atoms with Crippen molar-refractivity contribution in [3.05, 3.63) is 35.4 Å². The number of sulfone groups is 1. The molecule has 21 heavy (non-hydrogen) atoms. The standard InChI is InChI=1S/C14H19NO5S/c1-10(2)7-15-13(16)9-21(19,20)8-11-5-3-4-6-12(11)14(17)18/h3-6,10H,7-9H2,1-2H3,(H,15,16)(H,17,18). The summed E-state index contributed by atoms with van der Waals surface area (Å²) in [6.45, 7) is 4.20. The fourth-order valence-electron chi connectivity index (χ4n) is 1.71. The molecule has 0 aromatic heterocycles. The average molecular weight is 313 g/mol. The summed E-state index contributed by atoms with van der Waals surface area (Å²) in [7, 11) is -3.71. The van der Waals surface area contributed by atoms with Crippen molar-refractivity contribution in [3.8, 4) is 0 Å². The van der Waals surface area contributed by atoms with Gasteiger partial charge in [0.2, 0.25) is 5.91 Å². The average Bonchev–Trinajstić information content (AvgIpc) is 2.35. The molecule has 0 aliphatic carbocycles. The predicted molar refractivity (Wildman–Crippen MR) is 78.7 cm³/mol. The van der Waals surface area contributed by atoms with Crippen LogP contribution in [0, 0.1) is 5.92 Å². The van der Waals surface area contributed by atoms with Gasteiger partial charge in [-0.2, -0.15) is 0 Å². The van der Waals surface area contributed by atoms with Gasteiger partial charge in [-0.25, -0.2) is 13.2 Å². The molecule has 1 rings (SSSR count). The van der Waals surface area contributed by atoms with Crippen LogP contribution in [0.3, 0.4) is 0 Å². The zero-order valence-corrected chi connectivity index (χ0v) is 12.8. The van der Waals surface area contributed by atoms with Gasteiger partial charge >= 0.3 is 5.97 Å². The first-order chi connectivity index (χ1) is 9.71. The normalized spacial score (nSPS) is 11.4. The quantitative estimate of drug-likeness (QED) is 0.784. The molecule has 1 aromatic rings. The van der Waals surface area contributed by atoms with Gasteiger partial charge in [-0.15, -0.1) is 0 Å². The molecule has 0 saturated heterocycles. The van der Waals surface area contributed by atoms with E-state index in [9.17, 15) is 18.0 Å². The number of hydrogen-bond acceptors (Lipinski definition) is 4. The Bertz CT molecular complexity index is 622. The van der Waals surface area contributed by atoms with Gasteiger partial charge in [-0.3, -0.25) is 4.79 Å². The topological polar surface area (TPSA) is 101 Å². The Labute approximate surface area is 124 Å². The number of carbonyl (C=O) groups excluding carboxylic acids is 1. The molecule has 0 fully saturated rings. The highest BCUT2D eigenvalue weighted by Crippen LogP contribution is 2.13. The van der Waals surface area contributed by atoms with Gasteiger partial charge in [0.15, 0.2) is 9.84 Å². The van der Waals surface area contributed by atoms with Crippen molar-refractivity contribution in [1.82, 2.24) is 5.32 Å². The van der Waals surface area contributed by atoms with Crippen LogP contribution in [0.1, 0.15) is 29.8 Å². The maximum atomic E-state index is 12.0. The number of carboxylic acids is 1. The molecule has 0 unspecified atom stereocenters. The Morgan fingerprint density at radius 1 is 1.24 bits per heavy atom. The van der Waals surface area contributed by atoms with Gasteiger partial charge in [0.05, 0.1) is 11.3 Å². The fraction of sp³-hybridized carbons (Fsp3) is 0.429. The minimum Gasteiger partial charge on any atom is -0.478 e. The number of nitrogens with one attached hydrogen (secondary N) is 1. The first-order valence-corrected chi connectivity index (χ1v) is 8.31. The molecule has 2 N–H and O–H groups in total. The van der Waals surface area contributed by atoms with Crippen LogP contribution in [0.5, 0.6) is 0 Å². The van der Waals surface area contributed by atoms with Crippen LogP contribution in [0.2, 0.25) is 0 Å². The number of carboxylic acid groups (broad SMARTS) is 1. The van der Waals surface area contributed by atoms with Gasteiger partial charge < -0.3 is 10.4 Å². The smallest absolute Gasteiger partial charge is 0.335 e. The van der Waals surface area contributed by atoms with Crippen LogP contribution in [0.25, 0.3) is 0 Å². The highest BCUT2D eigenvalue weighted by molar-refractivity contribution is 7.91. The third-order valence-electron chi connectivity index (χ3n) is 2.68. The lowest BCUT2D eigenvalue weighted by atomic mass is 10.1. The van der Waals surface area contributed by atoms with E-state index in [1.807, 2.05) is 13.8 Å². The molecule has 0 bridgehead atoms. The largest absolute Gasteiger partial charge is 0.478 e. The molecule has 0 saturated carbocycles. The number of rotatable bonds is 7. The fourth-order valence-corrected chi connectivity index (χ4v) is 3.04. The van der Waals surface area contributed by atoms with Crippen LogP contribution in [-0.2, 0) is 20.4 Å². The molecule has 1 amide bonds. The number of aromatic carboxylic acids is 1. The zero-order chi connectivity index (χ0) is 16.0. The van der Waals surface area contributed by atoms with Crippen molar-refractivity contribution in [2.24, 2.45) is 5.92 Å². The number of hydrogen-bond donors (Lipinski definition) is 2. The second kappa shape index (κ2) is 7.21. The van der Waals surface area contributed by atoms with Crippen LogP contribution in [0.4, 0.5) is 0 Å². The summed E-state index contributed by atoms with van der Waals surface area (Å²) in [5, 5.41) is 11.5. The molecule has 0 aliphatic heterocycles. The van der Waals surface area contributed by atoms with Crippen LogP contribution in [-0.4, -0.2) is 37.7 Å². The third kappa shape index (κ3) is 5.95. The van der Waals surface area contributed by atoms with Crippen LogP contribution >= 0.6 is 0 Å². The lowest BCUT2D eigenvalue weighted by Gasteiger charge is -2.09. The molecule has 116 valence electrons. The second-order valence-electron chi connectivity index (χ2n) is 5.19. The van der Waals surface area contributed by atoms with Crippen LogP contribution < -0.4 is 5.32 Å². The molecule has 0 aliphatic rings. The summed E-state index contributed by atoms with van der Waals surface area (Å²) in [5.41, 5.74) is 0.116. The SMILES string of the molecule is CC(C)CNC(=O)CS(=O)(=O)Cc1ccccc1C(=O)O. The van der Waals surface area contributed by atoms with E-state index in [0.29, 0.717) is 6.54 Å². The maximum Gasteiger partial charge on any atom is 0.335 e. The summed E-state index contributed by atoms with van der Waals surface area (Å²) in [5.74, 6) is -2.65. The minimum atomic E-state index is -3.71. The molecule has 6 nitrogen and oxygen atoms in total. The summed E-state index contributed by atoms with van der Waals surface area (Å²) >= 11 is 0. The Morgan fingerprint density at radius 2 is 1.86 bits per heavy atom. The van der Waals surface area contributed by atoms with Crippen LogP contribution in [0.15, 0.2) is 24.3 Å².